The minimum absolute atomic E-state index is 0.0316. The number of halogens is 1. The first-order valence-corrected chi connectivity index (χ1v) is 9.31. The largest absolute Gasteiger partial charge is 0.324 e. The molecule has 0 fully saturated rings. The summed E-state index contributed by atoms with van der Waals surface area (Å²) in [7, 11) is 0. The number of hydrogen-bond donors (Lipinski definition) is 2. The first-order chi connectivity index (χ1) is 13.3. The predicted molar refractivity (Wildman–Crippen MR) is 107 cm³/mol. The highest BCUT2D eigenvalue weighted by molar-refractivity contribution is 5.97. The highest BCUT2D eigenvalue weighted by Gasteiger charge is 2.23. The summed E-state index contributed by atoms with van der Waals surface area (Å²) < 4.78 is 14.3. The molecule has 0 unspecified atom stereocenters. The Balaban J connectivity index is 2.10. The Morgan fingerprint density at radius 1 is 1.11 bits per heavy atom. The van der Waals surface area contributed by atoms with Gasteiger partial charge in [-0.25, -0.2) is 9.28 Å². The standard InChI is InChI=1S/C22H26FNO4/c1-4-5-6-21(26)24-19-12-11-17(13-18(19)23)15-7-9-16(10-8-15)20(25)14-22(2,3)28-27/h7-13,27H,4-6,14H2,1-3H3,(H,24,26). The molecular weight excluding hydrogens is 361 g/mol. The lowest BCUT2D eigenvalue weighted by Gasteiger charge is -2.19. The van der Waals surface area contributed by atoms with Gasteiger partial charge in [-0.3, -0.25) is 14.8 Å². The number of benzene rings is 2. The molecule has 6 heteroatoms. The third-order valence-electron chi connectivity index (χ3n) is 4.37. The van der Waals surface area contributed by atoms with Gasteiger partial charge in [0.15, 0.2) is 5.78 Å². The maximum Gasteiger partial charge on any atom is 0.224 e. The molecule has 0 radical (unpaired) electrons. The maximum atomic E-state index is 14.3. The molecular formula is C22H26FNO4. The van der Waals surface area contributed by atoms with Crippen LogP contribution in [-0.2, 0) is 9.68 Å². The second-order valence-electron chi connectivity index (χ2n) is 7.37. The fraction of sp³-hybridized carbons (Fsp3) is 0.364. The Morgan fingerprint density at radius 2 is 1.75 bits per heavy atom. The van der Waals surface area contributed by atoms with Crippen LogP contribution in [0, 0.1) is 5.82 Å². The van der Waals surface area contributed by atoms with Crippen LogP contribution in [0.25, 0.3) is 11.1 Å². The van der Waals surface area contributed by atoms with E-state index in [0.29, 0.717) is 17.5 Å². The lowest BCUT2D eigenvalue weighted by atomic mass is 9.96. The van der Waals surface area contributed by atoms with Crippen LogP contribution in [0.4, 0.5) is 10.1 Å². The van der Waals surface area contributed by atoms with Crippen molar-refractivity contribution in [2.75, 3.05) is 5.32 Å². The third-order valence-corrected chi connectivity index (χ3v) is 4.37. The van der Waals surface area contributed by atoms with Crippen LogP contribution in [0.1, 0.15) is 56.8 Å². The maximum absolute atomic E-state index is 14.3. The van der Waals surface area contributed by atoms with Gasteiger partial charge in [0.25, 0.3) is 0 Å². The Bertz CT molecular complexity index is 831. The van der Waals surface area contributed by atoms with Crippen LogP contribution in [0.5, 0.6) is 0 Å². The van der Waals surface area contributed by atoms with E-state index in [1.807, 2.05) is 6.92 Å². The normalized spacial score (nSPS) is 11.3. The summed E-state index contributed by atoms with van der Waals surface area (Å²) in [6.07, 6.45) is 2.06. The summed E-state index contributed by atoms with van der Waals surface area (Å²) >= 11 is 0. The molecule has 5 nitrogen and oxygen atoms in total. The molecule has 150 valence electrons. The number of Topliss-reactive ketones (excluding diaryl/α,β-unsaturated/α-hetero) is 1. The molecule has 28 heavy (non-hydrogen) atoms. The second kappa shape index (κ2) is 9.57. The topological polar surface area (TPSA) is 75.6 Å². The molecule has 2 aromatic carbocycles. The zero-order valence-corrected chi connectivity index (χ0v) is 16.4. The van der Waals surface area contributed by atoms with Gasteiger partial charge >= 0.3 is 0 Å². The Labute approximate surface area is 164 Å². The fourth-order valence-electron chi connectivity index (χ4n) is 2.72. The first-order valence-electron chi connectivity index (χ1n) is 9.31. The van der Waals surface area contributed by atoms with E-state index in [2.05, 4.69) is 10.2 Å². The van der Waals surface area contributed by atoms with Crippen molar-refractivity contribution in [3.05, 3.63) is 53.8 Å². The third kappa shape index (κ3) is 5.97. The van der Waals surface area contributed by atoms with Crippen LogP contribution >= 0.6 is 0 Å². The molecule has 2 rings (SSSR count). The molecule has 2 N–H and O–H groups in total. The quantitative estimate of drug-likeness (QED) is 0.340. The number of ketones is 1. The van der Waals surface area contributed by atoms with Crippen molar-refractivity contribution in [3.8, 4) is 11.1 Å². The summed E-state index contributed by atoms with van der Waals surface area (Å²) in [6.45, 7) is 5.22. The molecule has 0 aliphatic carbocycles. The molecule has 0 spiro atoms. The second-order valence-corrected chi connectivity index (χ2v) is 7.37. The summed E-state index contributed by atoms with van der Waals surface area (Å²) in [6, 6.07) is 11.4. The van der Waals surface area contributed by atoms with Gasteiger partial charge in [-0.15, -0.1) is 0 Å². The van der Waals surface area contributed by atoms with E-state index in [0.717, 1.165) is 18.4 Å². The zero-order chi connectivity index (χ0) is 20.7. The van der Waals surface area contributed by atoms with Gasteiger partial charge in [0, 0.05) is 18.4 Å². The van der Waals surface area contributed by atoms with E-state index in [4.69, 9.17) is 5.26 Å². The van der Waals surface area contributed by atoms with E-state index in [1.54, 1.807) is 44.2 Å². The van der Waals surface area contributed by atoms with Gasteiger partial charge in [-0.2, -0.15) is 0 Å². The predicted octanol–water partition coefficient (Wildman–Crippen LogP) is 5.46. The van der Waals surface area contributed by atoms with Crippen LogP contribution < -0.4 is 5.32 Å². The number of rotatable bonds is 9. The Hall–Kier alpha value is -2.57. The van der Waals surface area contributed by atoms with E-state index in [-0.39, 0.29) is 23.8 Å². The van der Waals surface area contributed by atoms with E-state index < -0.39 is 11.4 Å². The van der Waals surface area contributed by atoms with E-state index in [1.165, 1.54) is 12.1 Å². The van der Waals surface area contributed by atoms with Crippen molar-refractivity contribution in [3.63, 3.8) is 0 Å². The molecule has 0 saturated heterocycles. The van der Waals surface area contributed by atoms with Crippen LogP contribution in [0.2, 0.25) is 0 Å². The molecule has 0 aliphatic rings. The summed E-state index contributed by atoms with van der Waals surface area (Å²) in [5, 5.41) is 11.4. The van der Waals surface area contributed by atoms with E-state index in [9.17, 15) is 14.0 Å². The molecule has 0 aromatic heterocycles. The van der Waals surface area contributed by atoms with Gasteiger partial charge in [0.2, 0.25) is 5.91 Å². The van der Waals surface area contributed by atoms with Gasteiger partial charge in [0.1, 0.15) is 11.4 Å². The fourth-order valence-corrected chi connectivity index (χ4v) is 2.72. The molecule has 0 atom stereocenters. The molecule has 2 aromatic rings. The summed E-state index contributed by atoms with van der Waals surface area (Å²) in [5.41, 5.74) is 1.06. The summed E-state index contributed by atoms with van der Waals surface area (Å²) in [5.74, 6) is -0.877. The monoisotopic (exact) mass is 387 g/mol. The van der Waals surface area contributed by atoms with Gasteiger partial charge < -0.3 is 5.32 Å². The first kappa shape index (κ1) is 21.7. The van der Waals surface area contributed by atoms with Crippen LogP contribution in [-0.4, -0.2) is 22.5 Å². The van der Waals surface area contributed by atoms with Gasteiger partial charge in [-0.05, 0) is 43.5 Å². The highest BCUT2D eigenvalue weighted by Crippen LogP contribution is 2.26. The number of anilines is 1. The van der Waals surface area contributed by atoms with Gasteiger partial charge in [-0.1, -0.05) is 43.7 Å². The van der Waals surface area contributed by atoms with Crippen molar-refractivity contribution >= 4 is 17.4 Å². The molecule has 0 aliphatic heterocycles. The number of amides is 1. The average Bonchev–Trinajstić information content (AvgIpc) is 2.67. The minimum Gasteiger partial charge on any atom is -0.324 e. The van der Waals surface area contributed by atoms with Crippen LogP contribution in [0.3, 0.4) is 0 Å². The number of hydrogen-bond acceptors (Lipinski definition) is 4. The van der Waals surface area contributed by atoms with Crippen molar-refractivity contribution < 1.29 is 24.1 Å². The highest BCUT2D eigenvalue weighted by atomic mass is 19.1. The number of carbonyl (C=O) groups is 2. The summed E-state index contributed by atoms with van der Waals surface area (Å²) in [4.78, 5) is 28.3. The smallest absolute Gasteiger partial charge is 0.224 e. The molecule has 0 saturated carbocycles. The van der Waals surface area contributed by atoms with Crippen molar-refractivity contribution in [2.45, 2.75) is 52.1 Å². The van der Waals surface area contributed by atoms with Gasteiger partial charge in [0.05, 0.1) is 5.69 Å². The average molecular weight is 387 g/mol. The Kier molecular flexibility index (Phi) is 7.43. The Morgan fingerprint density at radius 3 is 2.32 bits per heavy atom. The van der Waals surface area contributed by atoms with E-state index >= 15 is 0 Å². The lowest BCUT2D eigenvalue weighted by Crippen LogP contribution is -2.26. The number of nitrogens with one attached hydrogen (secondary N) is 1. The van der Waals surface area contributed by atoms with Crippen molar-refractivity contribution in [2.24, 2.45) is 0 Å². The SMILES string of the molecule is CCCCC(=O)Nc1ccc(-c2ccc(C(=O)CC(C)(C)OO)cc2)cc1F. The number of unbranched alkanes of at least 4 members (excludes halogenated alkanes) is 1. The van der Waals surface area contributed by atoms with Crippen molar-refractivity contribution in [1.82, 2.24) is 0 Å². The lowest BCUT2D eigenvalue weighted by molar-refractivity contribution is -0.310. The molecule has 0 bridgehead atoms. The van der Waals surface area contributed by atoms with Crippen molar-refractivity contribution in [1.29, 1.82) is 0 Å². The number of carbonyl (C=O) groups excluding carboxylic acids is 2. The van der Waals surface area contributed by atoms with Crippen LogP contribution in [0.15, 0.2) is 42.5 Å². The zero-order valence-electron chi connectivity index (χ0n) is 16.4. The molecule has 0 heterocycles. The molecule has 1 amide bonds. The minimum atomic E-state index is -0.962.